The summed E-state index contributed by atoms with van der Waals surface area (Å²) in [7, 11) is 0. The lowest BCUT2D eigenvalue weighted by Crippen LogP contribution is -2.43. The van der Waals surface area contributed by atoms with E-state index < -0.39 is 0 Å². The quantitative estimate of drug-likeness (QED) is 0.887. The highest BCUT2D eigenvalue weighted by molar-refractivity contribution is 6.31. The molecule has 2 N–H and O–H groups in total. The Morgan fingerprint density at radius 3 is 3.04 bits per heavy atom. The molecule has 126 valence electrons. The largest absolute Gasteiger partial charge is 0.369 e. The summed E-state index contributed by atoms with van der Waals surface area (Å²) in [5.74, 6) is -0.0991. The van der Waals surface area contributed by atoms with E-state index in [0.717, 1.165) is 30.6 Å². The lowest BCUT2D eigenvalue weighted by Gasteiger charge is -2.33. The van der Waals surface area contributed by atoms with E-state index in [-0.39, 0.29) is 17.4 Å². The van der Waals surface area contributed by atoms with Gasteiger partial charge < -0.3 is 10.2 Å². The van der Waals surface area contributed by atoms with Crippen molar-refractivity contribution in [3.05, 3.63) is 57.5 Å². The maximum atomic E-state index is 12.5. The van der Waals surface area contributed by atoms with Gasteiger partial charge in [0.2, 0.25) is 5.91 Å². The van der Waals surface area contributed by atoms with Crippen molar-refractivity contribution in [2.45, 2.75) is 19.4 Å². The fraction of sp³-hybridized carbons (Fsp3) is 0.353. The Bertz CT molecular complexity index is 777. The number of halogens is 1. The molecule has 1 amide bonds. The highest BCUT2D eigenvalue weighted by Gasteiger charge is 2.26. The third-order valence-corrected chi connectivity index (χ3v) is 4.59. The lowest BCUT2D eigenvalue weighted by molar-refractivity contribution is -0.125. The lowest BCUT2D eigenvalue weighted by atomic mass is 9.96. The van der Waals surface area contributed by atoms with Gasteiger partial charge in [0.25, 0.3) is 5.56 Å². The maximum Gasteiger partial charge on any atom is 0.266 e. The first-order valence-electron chi connectivity index (χ1n) is 7.94. The van der Waals surface area contributed by atoms with Crippen molar-refractivity contribution >= 4 is 23.2 Å². The van der Waals surface area contributed by atoms with Crippen LogP contribution in [0.25, 0.3) is 0 Å². The second-order valence-electron chi connectivity index (χ2n) is 5.90. The van der Waals surface area contributed by atoms with Gasteiger partial charge >= 0.3 is 0 Å². The number of amides is 1. The molecule has 1 aliphatic heterocycles. The van der Waals surface area contributed by atoms with Gasteiger partial charge in [-0.1, -0.05) is 29.8 Å². The number of nitrogens with one attached hydrogen (secondary N) is 2. The predicted molar refractivity (Wildman–Crippen MR) is 93.1 cm³/mol. The van der Waals surface area contributed by atoms with Crippen molar-refractivity contribution in [2.75, 3.05) is 18.0 Å². The number of hydrogen-bond donors (Lipinski definition) is 2. The van der Waals surface area contributed by atoms with Gasteiger partial charge in [-0.3, -0.25) is 9.59 Å². The SMILES string of the molecule is O=C(NCc1ccccc1Cl)[C@H]1CCCN(c2cn[nH]c(=O)c2)C1. The van der Waals surface area contributed by atoms with E-state index >= 15 is 0 Å². The average Bonchev–Trinajstić information content (AvgIpc) is 2.61. The van der Waals surface area contributed by atoms with Crippen LogP contribution in [0.5, 0.6) is 0 Å². The smallest absolute Gasteiger partial charge is 0.266 e. The van der Waals surface area contributed by atoms with E-state index in [1.807, 2.05) is 29.2 Å². The predicted octanol–water partition coefficient (Wildman–Crippen LogP) is 1.96. The van der Waals surface area contributed by atoms with Crippen molar-refractivity contribution in [1.82, 2.24) is 15.5 Å². The van der Waals surface area contributed by atoms with Crippen LogP contribution in [-0.4, -0.2) is 29.2 Å². The minimum absolute atomic E-state index is 0.0115. The molecule has 2 aromatic rings. The number of rotatable bonds is 4. The van der Waals surface area contributed by atoms with Gasteiger partial charge in [0.15, 0.2) is 0 Å². The molecule has 1 saturated heterocycles. The van der Waals surface area contributed by atoms with E-state index in [0.29, 0.717) is 18.1 Å². The fourth-order valence-corrected chi connectivity index (χ4v) is 3.14. The number of aromatic nitrogens is 2. The molecule has 0 unspecified atom stereocenters. The third kappa shape index (κ3) is 3.94. The van der Waals surface area contributed by atoms with Gasteiger partial charge in [-0.15, -0.1) is 0 Å². The summed E-state index contributed by atoms with van der Waals surface area (Å²) >= 11 is 6.11. The summed E-state index contributed by atoms with van der Waals surface area (Å²) in [6.07, 6.45) is 3.35. The summed E-state index contributed by atoms with van der Waals surface area (Å²) < 4.78 is 0. The first kappa shape index (κ1) is 16.5. The molecule has 1 aliphatic rings. The van der Waals surface area contributed by atoms with Gasteiger partial charge in [-0.05, 0) is 24.5 Å². The van der Waals surface area contributed by atoms with Gasteiger partial charge in [0.1, 0.15) is 0 Å². The van der Waals surface area contributed by atoms with Crippen LogP contribution in [0.2, 0.25) is 5.02 Å². The number of carbonyl (C=O) groups is 1. The van der Waals surface area contributed by atoms with Gasteiger partial charge in [-0.2, -0.15) is 5.10 Å². The number of H-pyrrole nitrogens is 1. The first-order valence-corrected chi connectivity index (χ1v) is 8.32. The van der Waals surface area contributed by atoms with Crippen molar-refractivity contribution in [3.63, 3.8) is 0 Å². The molecule has 6 nitrogen and oxygen atoms in total. The van der Waals surface area contributed by atoms with E-state index in [9.17, 15) is 9.59 Å². The number of benzene rings is 1. The van der Waals surface area contributed by atoms with Crippen LogP contribution in [0.4, 0.5) is 5.69 Å². The number of anilines is 1. The summed E-state index contributed by atoms with van der Waals surface area (Å²) in [5.41, 5.74) is 1.42. The monoisotopic (exact) mass is 346 g/mol. The maximum absolute atomic E-state index is 12.5. The van der Waals surface area contributed by atoms with E-state index in [4.69, 9.17) is 11.6 Å². The zero-order valence-electron chi connectivity index (χ0n) is 13.2. The molecule has 0 spiro atoms. The standard InChI is InChI=1S/C17H19ClN4O2/c18-15-6-2-1-4-12(15)9-19-17(24)13-5-3-7-22(11-13)14-8-16(23)21-20-10-14/h1-2,4,6,8,10,13H,3,5,7,9,11H2,(H,19,24)(H,21,23)/t13-/m0/s1. The molecule has 24 heavy (non-hydrogen) atoms. The van der Waals surface area contributed by atoms with Crippen LogP contribution in [0, 0.1) is 5.92 Å². The minimum atomic E-state index is -0.238. The number of piperidine rings is 1. The molecular formula is C17H19ClN4O2. The van der Waals surface area contributed by atoms with Crippen molar-refractivity contribution in [1.29, 1.82) is 0 Å². The number of nitrogens with zero attached hydrogens (tertiary/aromatic N) is 2. The second kappa shape index (κ2) is 7.49. The Balaban J connectivity index is 1.61. The van der Waals surface area contributed by atoms with Crippen LogP contribution in [0.3, 0.4) is 0 Å². The van der Waals surface area contributed by atoms with Crippen LogP contribution in [0.15, 0.2) is 41.3 Å². The van der Waals surface area contributed by atoms with Crippen LogP contribution in [0.1, 0.15) is 18.4 Å². The van der Waals surface area contributed by atoms with Crippen LogP contribution >= 0.6 is 11.6 Å². The molecule has 1 aromatic carbocycles. The van der Waals surface area contributed by atoms with Gasteiger partial charge in [0, 0.05) is 30.7 Å². The summed E-state index contributed by atoms with van der Waals surface area (Å²) in [5, 5.41) is 9.80. The molecule has 0 aliphatic carbocycles. The Kier molecular flexibility index (Phi) is 5.15. The second-order valence-corrected chi connectivity index (χ2v) is 6.31. The topological polar surface area (TPSA) is 78.1 Å². The Morgan fingerprint density at radius 2 is 2.25 bits per heavy atom. The Morgan fingerprint density at radius 1 is 1.42 bits per heavy atom. The highest BCUT2D eigenvalue weighted by atomic mass is 35.5. The van der Waals surface area contributed by atoms with E-state index in [1.54, 1.807) is 6.20 Å². The molecule has 1 fully saturated rings. The number of hydrogen-bond acceptors (Lipinski definition) is 4. The Hall–Kier alpha value is -2.34. The molecule has 0 saturated carbocycles. The van der Waals surface area contributed by atoms with Crippen LogP contribution < -0.4 is 15.8 Å². The number of carbonyl (C=O) groups excluding carboxylic acids is 1. The number of aromatic amines is 1. The molecule has 0 bridgehead atoms. The van der Waals surface area contributed by atoms with Crippen molar-refractivity contribution in [3.8, 4) is 0 Å². The van der Waals surface area contributed by atoms with Gasteiger partial charge in [0.05, 0.1) is 17.8 Å². The molecule has 0 radical (unpaired) electrons. The molecule has 3 rings (SSSR count). The minimum Gasteiger partial charge on any atom is -0.369 e. The summed E-state index contributed by atoms with van der Waals surface area (Å²) in [6, 6.07) is 8.98. The molecule has 1 atom stereocenters. The highest BCUT2D eigenvalue weighted by Crippen LogP contribution is 2.22. The van der Waals surface area contributed by atoms with Crippen molar-refractivity contribution < 1.29 is 4.79 Å². The molecular weight excluding hydrogens is 328 g/mol. The third-order valence-electron chi connectivity index (χ3n) is 4.22. The normalized spacial score (nSPS) is 17.5. The van der Waals surface area contributed by atoms with Gasteiger partial charge in [-0.25, -0.2) is 5.10 Å². The zero-order chi connectivity index (χ0) is 16.9. The van der Waals surface area contributed by atoms with Crippen molar-refractivity contribution in [2.24, 2.45) is 5.92 Å². The summed E-state index contributed by atoms with van der Waals surface area (Å²) in [4.78, 5) is 25.9. The molecule has 2 heterocycles. The zero-order valence-corrected chi connectivity index (χ0v) is 13.9. The Labute approximate surface area is 144 Å². The van der Waals surface area contributed by atoms with Crippen LogP contribution in [-0.2, 0) is 11.3 Å². The average molecular weight is 347 g/mol. The first-order chi connectivity index (χ1) is 11.6. The summed E-state index contributed by atoms with van der Waals surface area (Å²) in [6.45, 7) is 1.82. The molecule has 1 aromatic heterocycles. The van der Waals surface area contributed by atoms with E-state index in [1.165, 1.54) is 6.07 Å². The fourth-order valence-electron chi connectivity index (χ4n) is 2.93. The van der Waals surface area contributed by atoms with E-state index in [2.05, 4.69) is 15.5 Å². The molecule has 7 heteroatoms.